The van der Waals surface area contributed by atoms with Gasteiger partial charge in [-0.05, 0) is 43.7 Å². The fourth-order valence-corrected chi connectivity index (χ4v) is 3.38. The van der Waals surface area contributed by atoms with Crippen LogP contribution in [-0.2, 0) is 4.79 Å². The average molecular weight is 357 g/mol. The van der Waals surface area contributed by atoms with E-state index in [0.717, 1.165) is 56.4 Å². The van der Waals surface area contributed by atoms with E-state index in [1.54, 1.807) is 0 Å². The van der Waals surface area contributed by atoms with Crippen LogP contribution >= 0.6 is 0 Å². The van der Waals surface area contributed by atoms with Crippen LogP contribution in [0.15, 0.2) is 24.3 Å². The van der Waals surface area contributed by atoms with Gasteiger partial charge in [0, 0.05) is 37.3 Å². The maximum atomic E-state index is 12.6. The highest BCUT2D eigenvalue weighted by Crippen LogP contribution is 2.30. The summed E-state index contributed by atoms with van der Waals surface area (Å²) in [6.45, 7) is 6.72. The fourth-order valence-electron chi connectivity index (χ4n) is 3.38. The molecule has 5 nitrogen and oxygen atoms in total. The molecule has 1 saturated carbocycles. The van der Waals surface area contributed by atoms with Gasteiger partial charge in [0.25, 0.3) is 5.91 Å². The molecule has 0 radical (unpaired) electrons. The zero-order valence-corrected chi connectivity index (χ0v) is 16.0. The lowest BCUT2D eigenvalue weighted by molar-refractivity contribution is -0.123. The van der Waals surface area contributed by atoms with E-state index >= 15 is 0 Å². The smallest absolute Gasteiger partial charge is 0.253 e. The van der Waals surface area contributed by atoms with E-state index in [2.05, 4.69) is 29.4 Å². The van der Waals surface area contributed by atoms with Crippen LogP contribution in [0.25, 0.3) is 0 Å². The minimum absolute atomic E-state index is 0.00468. The van der Waals surface area contributed by atoms with Crippen molar-refractivity contribution in [3.63, 3.8) is 0 Å². The highest BCUT2D eigenvalue weighted by molar-refractivity contribution is 5.99. The van der Waals surface area contributed by atoms with Crippen molar-refractivity contribution in [3.8, 4) is 0 Å². The van der Waals surface area contributed by atoms with Gasteiger partial charge in [-0.3, -0.25) is 9.59 Å². The molecular formula is C21H31N3O2. The number of piperidine rings is 1. The second-order valence-corrected chi connectivity index (χ2v) is 7.78. The average Bonchev–Trinajstić information content (AvgIpc) is 3.52. The molecule has 0 bridgehead atoms. The van der Waals surface area contributed by atoms with Crippen molar-refractivity contribution >= 4 is 17.5 Å². The zero-order chi connectivity index (χ0) is 18.5. The molecule has 26 heavy (non-hydrogen) atoms. The Hall–Kier alpha value is -2.04. The number of rotatable bonds is 7. The van der Waals surface area contributed by atoms with Gasteiger partial charge in [-0.25, -0.2) is 0 Å². The number of nitrogens with zero attached hydrogens (tertiary/aromatic N) is 1. The molecule has 1 aliphatic heterocycles. The first-order valence-corrected chi connectivity index (χ1v) is 10.0. The third-order valence-corrected chi connectivity index (χ3v) is 5.59. The first kappa shape index (κ1) is 18.7. The highest BCUT2D eigenvalue weighted by Gasteiger charge is 2.32. The molecular weight excluding hydrogens is 326 g/mol. The molecule has 1 atom stereocenters. The van der Waals surface area contributed by atoms with Gasteiger partial charge in [0.15, 0.2) is 0 Å². The van der Waals surface area contributed by atoms with Crippen LogP contribution in [0, 0.1) is 11.8 Å². The molecule has 1 aromatic carbocycles. The van der Waals surface area contributed by atoms with E-state index in [9.17, 15) is 9.59 Å². The van der Waals surface area contributed by atoms with Crippen molar-refractivity contribution in [1.29, 1.82) is 0 Å². The Balaban J connectivity index is 1.57. The Morgan fingerprint density at radius 3 is 2.50 bits per heavy atom. The monoisotopic (exact) mass is 357 g/mol. The molecule has 2 aliphatic rings. The van der Waals surface area contributed by atoms with Crippen LogP contribution in [0.3, 0.4) is 0 Å². The zero-order valence-electron chi connectivity index (χ0n) is 16.0. The molecule has 1 saturated heterocycles. The Morgan fingerprint density at radius 2 is 1.85 bits per heavy atom. The summed E-state index contributed by atoms with van der Waals surface area (Å²) in [5.74, 6) is 0.984. The Bertz CT molecular complexity index is 634. The standard InChI is InChI=1S/C21H31N3O2/c1-3-15(2)14-22-21(26)18-6-4-5-7-19(18)24-12-10-17(11-13-24)23-20(25)16-8-9-16/h4-7,15-17H,3,8-14H2,1-2H3,(H,22,26)(H,23,25). The minimum Gasteiger partial charge on any atom is -0.371 e. The van der Waals surface area contributed by atoms with Crippen molar-refractivity contribution in [2.24, 2.45) is 11.8 Å². The summed E-state index contributed by atoms with van der Waals surface area (Å²) in [6, 6.07) is 8.11. The molecule has 2 amide bonds. The van der Waals surface area contributed by atoms with Crippen molar-refractivity contribution in [2.75, 3.05) is 24.5 Å². The first-order chi connectivity index (χ1) is 12.6. The topological polar surface area (TPSA) is 61.4 Å². The molecule has 1 unspecified atom stereocenters. The number of nitrogens with one attached hydrogen (secondary N) is 2. The molecule has 1 aliphatic carbocycles. The summed E-state index contributed by atoms with van der Waals surface area (Å²) in [4.78, 5) is 26.8. The lowest BCUT2D eigenvalue weighted by Crippen LogP contribution is -2.45. The molecule has 5 heteroatoms. The van der Waals surface area contributed by atoms with Crippen molar-refractivity contribution < 1.29 is 9.59 Å². The van der Waals surface area contributed by atoms with Gasteiger partial charge < -0.3 is 15.5 Å². The summed E-state index contributed by atoms with van der Waals surface area (Å²) in [5, 5.41) is 6.25. The molecule has 2 N–H and O–H groups in total. The summed E-state index contributed by atoms with van der Waals surface area (Å²) in [5.41, 5.74) is 1.75. The van der Waals surface area contributed by atoms with Gasteiger partial charge in [0.1, 0.15) is 0 Å². The summed E-state index contributed by atoms with van der Waals surface area (Å²) in [7, 11) is 0. The lowest BCUT2D eigenvalue weighted by atomic mass is 10.0. The third-order valence-electron chi connectivity index (χ3n) is 5.59. The molecule has 3 rings (SSSR count). The molecule has 142 valence electrons. The quantitative estimate of drug-likeness (QED) is 0.789. The van der Waals surface area contributed by atoms with Gasteiger partial charge >= 0.3 is 0 Å². The largest absolute Gasteiger partial charge is 0.371 e. The molecule has 0 spiro atoms. The fraction of sp³-hybridized carbons (Fsp3) is 0.619. The predicted molar refractivity (Wildman–Crippen MR) is 104 cm³/mol. The molecule has 1 aromatic rings. The summed E-state index contributed by atoms with van der Waals surface area (Å²) < 4.78 is 0. The highest BCUT2D eigenvalue weighted by atomic mass is 16.2. The van der Waals surface area contributed by atoms with Crippen molar-refractivity contribution in [3.05, 3.63) is 29.8 Å². The number of carbonyl (C=O) groups is 2. The first-order valence-electron chi connectivity index (χ1n) is 10.0. The molecule has 1 heterocycles. The number of carbonyl (C=O) groups excluding carboxylic acids is 2. The van der Waals surface area contributed by atoms with E-state index in [1.807, 2.05) is 24.3 Å². The normalized spacial score (nSPS) is 19.1. The molecule has 2 fully saturated rings. The van der Waals surface area contributed by atoms with E-state index in [1.165, 1.54) is 0 Å². The van der Waals surface area contributed by atoms with Gasteiger partial charge in [-0.1, -0.05) is 32.4 Å². The van der Waals surface area contributed by atoms with Crippen LogP contribution < -0.4 is 15.5 Å². The van der Waals surface area contributed by atoms with Crippen LogP contribution in [0.5, 0.6) is 0 Å². The third kappa shape index (κ3) is 4.77. The minimum atomic E-state index is 0.00468. The second kappa shape index (κ2) is 8.56. The second-order valence-electron chi connectivity index (χ2n) is 7.78. The van der Waals surface area contributed by atoms with Gasteiger partial charge in [-0.2, -0.15) is 0 Å². The number of hydrogen-bond donors (Lipinski definition) is 2. The Kier molecular flexibility index (Phi) is 6.17. The predicted octanol–water partition coefficient (Wildman–Crippen LogP) is 2.96. The number of benzene rings is 1. The molecule has 0 aromatic heterocycles. The number of para-hydroxylation sites is 1. The van der Waals surface area contributed by atoms with Crippen LogP contribution in [0.2, 0.25) is 0 Å². The van der Waals surface area contributed by atoms with Gasteiger partial charge in [-0.15, -0.1) is 0 Å². The SMILES string of the molecule is CCC(C)CNC(=O)c1ccccc1N1CCC(NC(=O)C2CC2)CC1. The van der Waals surface area contributed by atoms with Crippen LogP contribution in [-0.4, -0.2) is 37.5 Å². The van der Waals surface area contributed by atoms with E-state index in [4.69, 9.17) is 0 Å². The Morgan fingerprint density at radius 1 is 1.15 bits per heavy atom. The summed E-state index contributed by atoms with van der Waals surface area (Å²) in [6.07, 6.45) is 5.01. The maximum Gasteiger partial charge on any atom is 0.253 e. The van der Waals surface area contributed by atoms with Crippen molar-refractivity contribution in [2.45, 2.75) is 52.0 Å². The van der Waals surface area contributed by atoms with Crippen molar-refractivity contribution in [1.82, 2.24) is 10.6 Å². The number of hydrogen-bond acceptors (Lipinski definition) is 3. The van der Waals surface area contributed by atoms with E-state index < -0.39 is 0 Å². The number of anilines is 1. The summed E-state index contributed by atoms with van der Waals surface area (Å²) >= 11 is 0. The van der Waals surface area contributed by atoms with Crippen LogP contribution in [0.1, 0.15) is 56.3 Å². The lowest BCUT2D eigenvalue weighted by Gasteiger charge is -2.35. The number of amides is 2. The van der Waals surface area contributed by atoms with E-state index in [0.29, 0.717) is 12.5 Å². The Labute approximate surface area is 156 Å². The maximum absolute atomic E-state index is 12.6. The van der Waals surface area contributed by atoms with Gasteiger partial charge in [0.05, 0.1) is 5.56 Å². The van der Waals surface area contributed by atoms with Crippen LogP contribution in [0.4, 0.5) is 5.69 Å². The van der Waals surface area contributed by atoms with Gasteiger partial charge in [0.2, 0.25) is 5.91 Å². The van der Waals surface area contributed by atoms with E-state index in [-0.39, 0.29) is 23.8 Å².